The molecule has 0 saturated heterocycles. The van der Waals surface area contributed by atoms with E-state index in [1.807, 2.05) is 0 Å². The zero-order chi connectivity index (χ0) is 17.7. The molecule has 2 N–H and O–H groups in total. The molecule has 1 heterocycles. The molecule has 24 heavy (non-hydrogen) atoms. The Labute approximate surface area is 142 Å². The van der Waals surface area contributed by atoms with E-state index >= 15 is 0 Å². The Hall–Kier alpha value is -2.35. The van der Waals surface area contributed by atoms with Gasteiger partial charge >= 0.3 is 0 Å². The van der Waals surface area contributed by atoms with Crippen LogP contribution in [0.15, 0.2) is 35.2 Å². The van der Waals surface area contributed by atoms with E-state index in [1.165, 1.54) is 6.07 Å². The highest BCUT2D eigenvalue weighted by Gasteiger charge is 2.16. The summed E-state index contributed by atoms with van der Waals surface area (Å²) in [5, 5.41) is 11.0. The highest BCUT2D eigenvalue weighted by atomic mass is 32.2. The molecular formula is C16H22N4O3S. The van der Waals surface area contributed by atoms with Crippen molar-refractivity contribution in [2.75, 3.05) is 23.7 Å². The van der Waals surface area contributed by atoms with Gasteiger partial charge in [0.15, 0.2) is 5.82 Å². The second-order valence-corrected chi connectivity index (χ2v) is 7.50. The van der Waals surface area contributed by atoms with Crippen LogP contribution in [0.25, 0.3) is 0 Å². The lowest BCUT2D eigenvalue weighted by Gasteiger charge is -2.11. The van der Waals surface area contributed by atoms with Crippen LogP contribution >= 0.6 is 0 Å². The Bertz CT molecular complexity index is 789. The first-order chi connectivity index (χ1) is 11.3. The number of nitrogens with zero attached hydrogens (tertiary/aromatic N) is 2. The lowest BCUT2D eigenvalue weighted by Crippen LogP contribution is -2.15. The molecule has 1 aromatic heterocycles. The number of aryl methyl sites for hydroxylation is 1. The van der Waals surface area contributed by atoms with Crippen molar-refractivity contribution in [3.05, 3.63) is 35.9 Å². The van der Waals surface area contributed by atoms with Crippen LogP contribution in [0.4, 0.5) is 11.6 Å². The molecule has 0 spiro atoms. The van der Waals surface area contributed by atoms with E-state index in [4.69, 9.17) is 4.74 Å². The number of ether oxygens (including phenoxy) is 1. The molecule has 2 rings (SSSR count). The molecule has 130 valence electrons. The van der Waals surface area contributed by atoms with Crippen LogP contribution in [-0.2, 0) is 10.0 Å². The summed E-state index contributed by atoms with van der Waals surface area (Å²) in [5.41, 5.74) is 0.736. The molecule has 0 bridgehead atoms. The number of benzene rings is 1. The second kappa shape index (κ2) is 7.48. The van der Waals surface area contributed by atoms with Crippen LogP contribution in [0.3, 0.4) is 0 Å². The third-order valence-corrected chi connectivity index (χ3v) is 4.62. The van der Waals surface area contributed by atoms with Gasteiger partial charge in [0.1, 0.15) is 11.6 Å². The van der Waals surface area contributed by atoms with E-state index in [0.29, 0.717) is 17.5 Å². The van der Waals surface area contributed by atoms with E-state index in [1.54, 1.807) is 38.3 Å². The summed E-state index contributed by atoms with van der Waals surface area (Å²) in [6, 6.07) is 7.91. The van der Waals surface area contributed by atoms with Gasteiger partial charge in [-0.3, -0.25) is 4.72 Å². The summed E-state index contributed by atoms with van der Waals surface area (Å²) in [7, 11) is -2.19. The van der Waals surface area contributed by atoms with Gasteiger partial charge < -0.3 is 10.1 Å². The van der Waals surface area contributed by atoms with Crippen LogP contribution in [0.5, 0.6) is 5.75 Å². The number of nitrogens with one attached hydrogen (secondary N) is 2. The quantitative estimate of drug-likeness (QED) is 0.797. The summed E-state index contributed by atoms with van der Waals surface area (Å²) in [6.45, 7) is 6.72. The van der Waals surface area contributed by atoms with Crippen molar-refractivity contribution in [2.45, 2.75) is 25.7 Å². The molecule has 8 heteroatoms. The van der Waals surface area contributed by atoms with Crippen molar-refractivity contribution < 1.29 is 13.2 Å². The summed E-state index contributed by atoms with van der Waals surface area (Å²) in [6.07, 6.45) is 0. The Morgan fingerprint density at radius 3 is 2.33 bits per heavy atom. The number of anilines is 2. The fourth-order valence-electron chi connectivity index (χ4n) is 2.00. The topological polar surface area (TPSA) is 93.2 Å². The van der Waals surface area contributed by atoms with E-state index in [2.05, 4.69) is 34.1 Å². The predicted octanol–water partition coefficient (Wildman–Crippen LogP) is 2.66. The van der Waals surface area contributed by atoms with Crippen molar-refractivity contribution in [3.63, 3.8) is 0 Å². The summed E-state index contributed by atoms with van der Waals surface area (Å²) in [5.74, 6) is 1.88. The molecular weight excluding hydrogens is 328 g/mol. The van der Waals surface area contributed by atoms with E-state index in [0.717, 1.165) is 12.1 Å². The fraction of sp³-hybridized carbons (Fsp3) is 0.375. The lowest BCUT2D eigenvalue weighted by molar-refractivity contribution is 0.411. The minimum absolute atomic E-state index is 0.143. The second-order valence-electron chi connectivity index (χ2n) is 5.82. The Morgan fingerprint density at radius 1 is 1.12 bits per heavy atom. The molecule has 0 aliphatic heterocycles. The van der Waals surface area contributed by atoms with Crippen LogP contribution in [0.2, 0.25) is 0 Å². The van der Waals surface area contributed by atoms with Gasteiger partial charge in [0.05, 0.1) is 12.0 Å². The van der Waals surface area contributed by atoms with Crippen LogP contribution < -0.4 is 14.8 Å². The molecule has 0 aliphatic carbocycles. The first-order valence-corrected chi connectivity index (χ1v) is 9.05. The SMILES string of the molecule is COc1ccc(S(=O)(=O)Nc2ccc(NCC(C)C)nn2)cc1C. The minimum Gasteiger partial charge on any atom is -0.496 e. The maximum absolute atomic E-state index is 12.4. The molecule has 7 nitrogen and oxygen atoms in total. The van der Waals surface area contributed by atoms with Crippen molar-refractivity contribution in [1.82, 2.24) is 10.2 Å². The molecule has 0 atom stereocenters. The molecule has 0 unspecified atom stereocenters. The standard InChI is InChI=1S/C16H22N4O3S/c1-11(2)10-17-15-7-8-16(19-18-15)20-24(21,22)13-5-6-14(23-4)12(3)9-13/h5-9,11H,10H2,1-4H3,(H,17,18)(H,19,20). The number of hydrogen-bond acceptors (Lipinski definition) is 6. The highest BCUT2D eigenvalue weighted by molar-refractivity contribution is 7.92. The fourth-order valence-corrected chi connectivity index (χ4v) is 3.09. The summed E-state index contributed by atoms with van der Waals surface area (Å²) < 4.78 is 32.4. The molecule has 0 aliphatic rings. The zero-order valence-corrected chi connectivity index (χ0v) is 15.0. The molecule has 0 saturated carbocycles. The van der Waals surface area contributed by atoms with Gasteiger partial charge in [-0.15, -0.1) is 10.2 Å². The van der Waals surface area contributed by atoms with Gasteiger partial charge in [-0.2, -0.15) is 0 Å². The largest absolute Gasteiger partial charge is 0.496 e. The molecule has 0 radical (unpaired) electrons. The highest BCUT2D eigenvalue weighted by Crippen LogP contribution is 2.22. The predicted molar refractivity (Wildman–Crippen MR) is 93.9 cm³/mol. The zero-order valence-electron chi connectivity index (χ0n) is 14.2. The maximum Gasteiger partial charge on any atom is 0.263 e. The smallest absolute Gasteiger partial charge is 0.263 e. The summed E-state index contributed by atoms with van der Waals surface area (Å²) in [4.78, 5) is 0.143. The van der Waals surface area contributed by atoms with Crippen LogP contribution in [0, 0.1) is 12.8 Å². The summed E-state index contributed by atoms with van der Waals surface area (Å²) >= 11 is 0. The average Bonchev–Trinajstić information content (AvgIpc) is 2.53. The van der Waals surface area contributed by atoms with Crippen molar-refractivity contribution in [1.29, 1.82) is 0 Å². The molecule has 2 aromatic rings. The molecule has 0 amide bonds. The monoisotopic (exact) mass is 350 g/mol. The minimum atomic E-state index is -3.73. The van der Waals surface area contributed by atoms with Crippen LogP contribution in [-0.4, -0.2) is 32.3 Å². The van der Waals surface area contributed by atoms with Gasteiger partial charge in [0.2, 0.25) is 0 Å². The van der Waals surface area contributed by atoms with Crippen molar-refractivity contribution in [2.24, 2.45) is 5.92 Å². The number of sulfonamides is 1. The normalized spacial score (nSPS) is 11.4. The van der Waals surface area contributed by atoms with Gasteiger partial charge in [-0.25, -0.2) is 8.42 Å². The van der Waals surface area contributed by atoms with E-state index < -0.39 is 10.0 Å². The third kappa shape index (κ3) is 4.58. The Kier molecular flexibility index (Phi) is 5.61. The molecule has 1 aromatic carbocycles. The number of hydrogen-bond donors (Lipinski definition) is 2. The number of aromatic nitrogens is 2. The van der Waals surface area contributed by atoms with Gasteiger partial charge in [-0.05, 0) is 48.7 Å². The first kappa shape index (κ1) is 18.0. The Morgan fingerprint density at radius 2 is 1.79 bits per heavy atom. The molecule has 0 fully saturated rings. The number of rotatable bonds is 7. The maximum atomic E-state index is 12.4. The lowest BCUT2D eigenvalue weighted by atomic mass is 10.2. The van der Waals surface area contributed by atoms with Crippen molar-refractivity contribution >= 4 is 21.7 Å². The van der Waals surface area contributed by atoms with E-state index in [-0.39, 0.29) is 10.7 Å². The van der Waals surface area contributed by atoms with Crippen molar-refractivity contribution in [3.8, 4) is 5.75 Å². The third-order valence-electron chi connectivity index (χ3n) is 3.27. The van der Waals surface area contributed by atoms with E-state index in [9.17, 15) is 8.42 Å². The number of methoxy groups -OCH3 is 1. The first-order valence-electron chi connectivity index (χ1n) is 7.57. The Balaban J connectivity index is 2.12. The average molecular weight is 350 g/mol. The van der Waals surface area contributed by atoms with Gasteiger partial charge in [-0.1, -0.05) is 13.8 Å². The van der Waals surface area contributed by atoms with Gasteiger partial charge in [0.25, 0.3) is 10.0 Å². The van der Waals surface area contributed by atoms with Crippen LogP contribution in [0.1, 0.15) is 19.4 Å². The van der Waals surface area contributed by atoms with Gasteiger partial charge in [0, 0.05) is 6.54 Å².